The minimum absolute atomic E-state index is 0.0834. The van der Waals surface area contributed by atoms with Gasteiger partial charge >= 0.3 is 0 Å². The predicted molar refractivity (Wildman–Crippen MR) is 128 cm³/mol. The van der Waals surface area contributed by atoms with Crippen molar-refractivity contribution in [2.24, 2.45) is 0 Å². The van der Waals surface area contributed by atoms with Gasteiger partial charge in [0.2, 0.25) is 5.91 Å². The zero-order chi connectivity index (χ0) is 23.8. The second-order valence-corrected chi connectivity index (χ2v) is 9.06. The highest BCUT2D eigenvalue weighted by molar-refractivity contribution is 5.79. The van der Waals surface area contributed by atoms with Crippen LogP contribution in [0.4, 0.5) is 4.39 Å². The molecule has 0 atom stereocenters. The lowest BCUT2D eigenvalue weighted by Crippen LogP contribution is -2.48. The maximum Gasteiger partial charge on any atom is 0.227 e. The molecule has 0 bridgehead atoms. The second kappa shape index (κ2) is 12.3. The Balaban J connectivity index is 1.38. The van der Waals surface area contributed by atoms with Crippen LogP contribution in [0, 0.1) is 5.82 Å². The Kier molecular flexibility index (Phi) is 8.91. The van der Waals surface area contributed by atoms with E-state index < -0.39 is 0 Å². The molecule has 0 aliphatic carbocycles. The summed E-state index contributed by atoms with van der Waals surface area (Å²) >= 11 is 0. The van der Waals surface area contributed by atoms with E-state index >= 15 is 0 Å². The van der Waals surface area contributed by atoms with Gasteiger partial charge in [-0.25, -0.2) is 4.39 Å². The molecule has 2 aromatic carbocycles. The second-order valence-electron chi connectivity index (χ2n) is 9.06. The topological polar surface area (TPSA) is 51.2 Å². The van der Waals surface area contributed by atoms with Gasteiger partial charge < -0.3 is 24.0 Å². The van der Waals surface area contributed by atoms with E-state index in [1.54, 1.807) is 19.2 Å². The summed E-state index contributed by atoms with van der Waals surface area (Å²) in [5.41, 5.74) is 1.87. The lowest BCUT2D eigenvalue weighted by Gasteiger charge is -2.39. The Labute approximate surface area is 201 Å². The molecule has 2 aliphatic heterocycles. The smallest absolute Gasteiger partial charge is 0.227 e. The SMILES string of the molecule is COc1cccc(CC(=O)N(Cc2ccc(F)cc2)C2CCN(CCC3OCCCO3)CC2)c1. The van der Waals surface area contributed by atoms with Gasteiger partial charge in [0.1, 0.15) is 11.6 Å². The third-order valence-corrected chi connectivity index (χ3v) is 6.65. The molecule has 2 fully saturated rings. The molecule has 7 heteroatoms. The minimum atomic E-state index is -0.266. The number of hydrogen-bond donors (Lipinski definition) is 0. The molecule has 1 amide bonds. The average Bonchev–Trinajstić information content (AvgIpc) is 2.88. The van der Waals surface area contributed by atoms with Crippen molar-refractivity contribution in [1.82, 2.24) is 9.80 Å². The van der Waals surface area contributed by atoms with Gasteiger partial charge in [-0.3, -0.25) is 4.79 Å². The van der Waals surface area contributed by atoms with Crippen molar-refractivity contribution >= 4 is 5.91 Å². The van der Waals surface area contributed by atoms with E-state index in [0.29, 0.717) is 13.0 Å². The van der Waals surface area contributed by atoms with Crippen LogP contribution in [-0.2, 0) is 27.2 Å². The first kappa shape index (κ1) is 24.6. The average molecular weight is 471 g/mol. The summed E-state index contributed by atoms with van der Waals surface area (Å²) in [5.74, 6) is 0.562. The first-order chi connectivity index (χ1) is 16.6. The minimum Gasteiger partial charge on any atom is -0.497 e. The Morgan fingerprint density at radius 1 is 1.09 bits per heavy atom. The maximum absolute atomic E-state index is 13.5. The van der Waals surface area contributed by atoms with Crippen molar-refractivity contribution in [2.45, 2.75) is 51.0 Å². The lowest BCUT2D eigenvalue weighted by atomic mass is 10.0. The van der Waals surface area contributed by atoms with Crippen LogP contribution in [0.2, 0.25) is 0 Å². The molecule has 2 heterocycles. The van der Waals surface area contributed by atoms with Gasteiger partial charge in [0.05, 0.1) is 26.7 Å². The first-order valence-corrected chi connectivity index (χ1v) is 12.2. The molecule has 184 valence electrons. The standard InChI is InChI=1S/C27H35FN2O4/c1-32-25-5-2-4-22(18-25)19-26(31)30(20-21-6-8-23(28)9-7-21)24-10-13-29(14-11-24)15-12-27-33-16-3-17-34-27/h2,4-9,18,24,27H,3,10-17,19-20H2,1H3. The number of piperidine rings is 1. The van der Waals surface area contributed by atoms with Crippen molar-refractivity contribution in [2.75, 3.05) is 40.0 Å². The molecule has 2 saturated heterocycles. The summed E-state index contributed by atoms with van der Waals surface area (Å²) in [7, 11) is 1.63. The fourth-order valence-electron chi connectivity index (χ4n) is 4.71. The van der Waals surface area contributed by atoms with Gasteiger partial charge in [0.15, 0.2) is 6.29 Å². The van der Waals surface area contributed by atoms with E-state index in [2.05, 4.69) is 4.90 Å². The van der Waals surface area contributed by atoms with E-state index in [0.717, 1.165) is 75.4 Å². The Hall–Kier alpha value is -2.48. The predicted octanol–water partition coefficient (Wildman–Crippen LogP) is 4.02. The van der Waals surface area contributed by atoms with Gasteiger partial charge in [-0.15, -0.1) is 0 Å². The van der Waals surface area contributed by atoms with Crippen molar-refractivity contribution in [1.29, 1.82) is 0 Å². The van der Waals surface area contributed by atoms with Crippen LogP contribution < -0.4 is 4.74 Å². The van der Waals surface area contributed by atoms with Gasteiger partial charge in [-0.1, -0.05) is 24.3 Å². The third-order valence-electron chi connectivity index (χ3n) is 6.65. The molecule has 6 nitrogen and oxygen atoms in total. The van der Waals surface area contributed by atoms with Gasteiger partial charge in [0, 0.05) is 38.6 Å². The molecule has 0 radical (unpaired) electrons. The fraction of sp³-hybridized carbons (Fsp3) is 0.519. The fourth-order valence-corrected chi connectivity index (χ4v) is 4.71. The van der Waals surface area contributed by atoms with Crippen LogP contribution in [-0.4, -0.2) is 68.0 Å². The summed E-state index contributed by atoms with van der Waals surface area (Å²) in [6.45, 7) is 4.85. The molecule has 0 aromatic heterocycles. The van der Waals surface area contributed by atoms with Gasteiger partial charge in [0.25, 0.3) is 0 Å². The quantitative estimate of drug-likeness (QED) is 0.554. The number of hydrogen-bond acceptors (Lipinski definition) is 5. The van der Waals surface area contributed by atoms with Crippen molar-refractivity contribution in [3.63, 3.8) is 0 Å². The first-order valence-electron chi connectivity index (χ1n) is 12.2. The highest BCUT2D eigenvalue weighted by Crippen LogP contribution is 2.22. The number of nitrogens with zero attached hydrogens (tertiary/aromatic N) is 2. The van der Waals surface area contributed by atoms with Crippen molar-refractivity contribution in [3.05, 3.63) is 65.5 Å². The van der Waals surface area contributed by atoms with Crippen LogP contribution in [0.15, 0.2) is 48.5 Å². The summed E-state index contributed by atoms with van der Waals surface area (Å²) in [6.07, 6.45) is 3.89. The van der Waals surface area contributed by atoms with Crippen LogP contribution >= 0.6 is 0 Å². The number of methoxy groups -OCH3 is 1. The van der Waals surface area contributed by atoms with E-state index in [-0.39, 0.29) is 24.1 Å². The van der Waals surface area contributed by atoms with E-state index in [1.807, 2.05) is 29.2 Å². The number of halogens is 1. The summed E-state index contributed by atoms with van der Waals surface area (Å²) < 4.78 is 30.1. The third kappa shape index (κ3) is 7.01. The number of rotatable bonds is 9. The molecule has 34 heavy (non-hydrogen) atoms. The highest BCUT2D eigenvalue weighted by Gasteiger charge is 2.28. The van der Waals surface area contributed by atoms with E-state index in [1.165, 1.54) is 12.1 Å². The van der Waals surface area contributed by atoms with Crippen LogP contribution in [0.25, 0.3) is 0 Å². The molecule has 2 aromatic rings. The normalized spacial score (nSPS) is 18.1. The Bertz CT molecular complexity index is 909. The van der Waals surface area contributed by atoms with Gasteiger partial charge in [-0.05, 0) is 54.7 Å². The summed E-state index contributed by atoms with van der Waals surface area (Å²) in [5, 5.41) is 0. The van der Waals surface area contributed by atoms with Gasteiger partial charge in [-0.2, -0.15) is 0 Å². The monoisotopic (exact) mass is 470 g/mol. The van der Waals surface area contributed by atoms with Crippen LogP contribution in [0.3, 0.4) is 0 Å². The molecule has 0 saturated carbocycles. The summed E-state index contributed by atoms with van der Waals surface area (Å²) in [6, 6.07) is 14.2. The molecule has 0 unspecified atom stereocenters. The molecule has 0 spiro atoms. The number of carbonyl (C=O) groups is 1. The molecule has 4 rings (SSSR count). The summed E-state index contributed by atoms with van der Waals surface area (Å²) in [4.78, 5) is 17.9. The number of benzene rings is 2. The Morgan fingerprint density at radius 3 is 2.53 bits per heavy atom. The molecule has 2 aliphatic rings. The van der Waals surface area contributed by atoms with Crippen LogP contribution in [0.1, 0.15) is 36.8 Å². The molecule has 0 N–H and O–H groups in total. The molecular weight excluding hydrogens is 435 g/mol. The molecular formula is C27H35FN2O4. The lowest BCUT2D eigenvalue weighted by molar-refractivity contribution is -0.182. The Morgan fingerprint density at radius 2 is 1.82 bits per heavy atom. The van der Waals surface area contributed by atoms with E-state index in [4.69, 9.17) is 14.2 Å². The zero-order valence-corrected chi connectivity index (χ0v) is 20.0. The van der Waals surface area contributed by atoms with E-state index in [9.17, 15) is 9.18 Å². The number of likely N-dealkylation sites (tertiary alicyclic amines) is 1. The van der Waals surface area contributed by atoms with Crippen molar-refractivity contribution < 1.29 is 23.4 Å². The number of carbonyl (C=O) groups excluding carboxylic acids is 1. The number of ether oxygens (including phenoxy) is 3. The highest BCUT2D eigenvalue weighted by atomic mass is 19.1. The maximum atomic E-state index is 13.5. The van der Waals surface area contributed by atoms with Crippen LogP contribution in [0.5, 0.6) is 5.75 Å². The zero-order valence-electron chi connectivity index (χ0n) is 20.0. The van der Waals surface area contributed by atoms with Crippen molar-refractivity contribution in [3.8, 4) is 5.75 Å². The number of amides is 1. The largest absolute Gasteiger partial charge is 0.497 e.